The highest BCUT2D eigenvalue weighted by Gasteiger charge is 2.30. The minimum Gasteiger partial charge on any atom is -0.492 e. The molecule has 1 aliphatic rings. The lowest BCUT2D eigenvalue weighted by Gasteiger charge is -2.20. The van der Waals surface area contributed by atoms with E-state index in [1.807, 2.05) is 6.07 Å². The van der Waals surface area contributed by atoms with Crippen molar-refractivity contribution < 1.29 is 19.1 Å². The van der Waals surface area contributed by atoms with Crippen LogP contribution in [0.5, 0.6) is 5.75 Å². The summed E-state index contributed by atoms with van der Waals surface area (Å²) in [5.41, 5.74) is 2.91. The molecule has 0 spiro atoms. The number of benzene rings is 1. The number of ether oxygens (including phenoxy) is 2. The fourth-order valence-electron chi connectivity index (χ4n) is 4.09. The van der Waals surface area contributed by atoms with E-state index in [1.165, 1.54) is 21.8 Å². The molecule has 1 N–H and O–H groups in total. The molecule has 1 aromatic carbocycles. The number of hydrogen-bond donors (Lipinski definition) is 1. The van der Waals surface area contributed by atoms with Crippen LogP contribution in [-0.2, 0) is 21.4 Å². The standard InChI is InChI=1S/C26H34BrNO4S/c1-6-31-25(30)23-22-16(2)9-7-10-20(22)33-24(23)28-21(29)11-8-14-32-19-13-12-17(15-18(19)27)26(3,4)5/h12-13,15-16H,6-11,14H2,1-5H3,(H,28,29). The van der Waals surface area contributed by atoms with Gasteiger partial charge in [-0.05, 0) is 83.1 Å². The first kappa shape index (κ1) is 25.8. The van der Waals surface area contributed by atoms with Gasteiger partial charge in [-0.25, -0.2) is 4.79 Å². The molecule has 0 aliphatic heterocycles. The zero-order valence-corrected chi connectivity index (χ0v) is 22.6. The molecule has 1 aromatic heterocycles. The number of aryl methyl sites for hydroxylation is 1. The van der Waals surface area contributed by atoms with Crippen molar-refractivity contribution in [1.29, 1.82) is 0 Å². The van der Waals surface area contributed by atoms with Gasteiger partial charge in [0.25, 0.3) is 0 Å². The van der Waals surface area contributed by atoms with Crippen LogP contribution in [0.4, 0.5) is 5.00 Å². The van der Waals surface area contributed by atoms with E-state index in [4.69, 9.17) is 9.47 Å². The van der Waals surface area contributed by atoms with Gasteiger partial charge in [-0.3, -0.25) is 4.79 Å². The van der Waals surface area contributed by atoms with E-state index in [9.17, 15) is 9.59 Å². The summed E-state index contributed by atoms with van der Waals surface area (Å²) in [7, 11) is 0. The highest BCUT2D eigenvalue weighted by Crippen LogP contribution is 2.43. The SMILES string of the molecule is CCOC(=O)c1c(NC(=O)CCCOc2ccc(C(C)(C)C)cc2Br)sc2c1C(C)CCC2. The van der Waals surface area contributed by atoms with Crippen molar-refractivity contribution >= 4 is 44.1 Å². The van der Waals surface area contributed by atoms with Gasteiger partial charge in [0.05, 0.1) is 23.2 Å². The Morgan fingerprint density at radius 1 is 1.27 bits per heavy atom. The Hall–Kier alpha value is -1.86. The molecular weight excluding hydrogens is 502 g/mol. The Kier molecular flexibility index (Phi) is 8.62. The van der Waals surface area contributed by atoms with Crippen LogP contribution < -0.4 is 10.1 Å². The lowest BCUT2D eigenvalue weighted by Crippen LogP contribution is -2.17. The van der Waals surface area contributed by atoms with Gasteiger partial charge in [-0.15, -0.1) is 11.3 Å². The summed E-state index contributed by atoms with van der Waals surface area (Å²) in [6.07, 6.45) is 4.00. The second-order valence-corrected chi connectivity index (χ2v) is 11.5. The van der Waals surface area contributed by atoms with Crippen LogP contribution >= 0.6 is 27.3 Å². The van der Waals surface area contributed by atoms with E-state index in [1.54, 1.807) is 6.92 Å². The summed E-state index contributed by atoms with van der Waals surface area (Å²) < 4.78 is 12.1. The number of esters is 1. The predicted molar refractivity (Wildman–Crippen MR) is 138 cm³/mol. The first-order valence-corrected chi connectivity index (χ1v) is 13.3. The Bertz CT molecular complexity index is 1010. The topological polar surface area (TPSA) is 64.6 Å². The third-order valence-corrected chi connectivity index (χ3v) is 7.69. The molecule has 1 amide bonds. The van der Waals surface area contributed by atoms with E-state index in [-0.39, 0.29) is 17.3 Å². The molecule has 1 atom stereocenters. The molecule has 3 rings (SSSR count). The number of carbonyl (C=O) groups is 2. The lowest BCUT2D eigenvalue weighted by molar-refractivity contribution is -0.116. The molecule has 2 aromatic rings. The van der Waals surface area contributed by atoms with Crippen molar-refractivity contribution in [1.82, 2.24) is 0 Å². The smallest absolute Gasteiger partial charge is 0.341 e. The molecule has 180 valence electrons. The van der Waals surface area contributed by atoms with Crippen LogP contribution in [-0.4, -0.2) is 25.1 Å². The van der Waals surface area contributed by atoms with Gasteiger partial charge in [-0.2, -0.15) is 0 Å². The van der Waals surface area contributed by atoms with Gasteiger partial charge in [0, 0.05) is 11.3 Å². The van der Waals surface area contributed by atoms with Gasteiger partial charge in [-0.1, -0.05) is 33.8 Å². The highest BCUT2D eigenvalue weighted by atomic mass is 79.9. The Morgan fingerprint density at radius 2 is 2.03 bits per heavy atom. The monoisotopic (exact) mass is 535 g/mol. The number of nitrogens with one attached hydrogen (secondary N) is 1. The van der Waals surface area contributed by atoms with E-state index >= 15 is 0 Å². The highest BCUT2D eigenvalue weighted by molar-refractivity contribution is 9.10. The molecule has 0 saturated heterocycles. The third-order valence-electron chi connectivity index (χ3n) is 5.89. The van der Waals surface area contributed by atoms with Crippen LogP contribution in [0, 0.1) is 0 Å². The molecule has 7 heteroatoms. The molecule has 1 heterocycles. The second kappa shape index (κ2) is 11.0. The average Bonchev–Trinajstić information content (AvgIpc) is 3.10. The Morgan fingerprint density at radius 3 is 2.70 bits per heavy atom. The summed E-state index contributed by atoms with van der Waals surface area (Å²) in [5, 5.41) is 3.60. The van der Waals surface area contributed by atoms with Gasteiger partial charge in [0.15, 0.2) is 0 Å². The zero-order chi connectivity index (χ0) is 24.2. The normalized spacial score (nSPS) is 15.6. The fraction of sp³-hybridized carbons (Fsp3) is 0.538. The molecule has 0 radical (unpaired) electrons. The van der Waals surface area contributed by atoms with E-state index in [0.717, 1.165) is 35.0 Å². The van der Waals surface area contributed by atoms with E-state index < -0.39 is 0 Å². The van der Waals surface area contributed by atoms with Crippen molar-refractivity contribution in [3.63, 3.8) is 0 Å². The average molecular weight is 537 g/mol. The molecule has 0 bridgehead atoms. The number of anilines is 1. The number of fused-ring (bicyclic) bond motifs is 1. The number of thiophene rings is 1. The summed E-state index contributed by atoms with van der Waals surface area (Å²) >= 11 is 5.10. The summed E-state index contributed by atoms with van der Waals surface area (Å²) in [5.74, 6) is 0.614. The van der Waals surface area contributed by atoms with Crippen molar-refractivity contribution in [3.8, 4) is 5.75 Å². The number of halogens is 1. The fourth-order valence-corrected chi connectivity index (χ4v) is 5.95. The number of hydrogen-bond acceptors (Lipinski definition) is 5. The second-order valence-electron chi connectivity index (χ2n) is 9.55. The number of rotatable bonds is 8. The number of amides is 1. The van der Waals surface area contributed by atoms with Gasteiger partial charge < -0.3 is 14.8 Å². The van der Waals surface area contributed by atoms with Gasteiger partial charge in [0.1, 0.15) is 10.8 Å². The van der Waals surface area contributed by atoms with Crippen LogP contribution in [0.25, 0.3) is 0 Å². The first-order valence-electron chi connectivity index (χ1n) is 11.7. The molecule has 33 heavy (non-hydrogen) atoms. The number of carbonyl (C=O) groups excluding carboxylic acids is 2. The first-order chi connectivity index (χ1) is 15.6. The molecule has 1 aliphatic carbocycles. The molecule has 0 fully saturated rings. The summed E-state index contributed by atoms with van der Waals surface area (Å²) in [6, 6.07) is 6.12. The summed E-state index contributed by atoms with van der Waals surface area (Å²) in [4.78, 5) is 26.5. The maximum atomic E-state index is 12.7. The van der Waals surface area contributed by atoms with Crippen molar-refractivity contribution in [2.24, 2.45) is 0 Å². The van der Waals surface area contributed by atoms with Crippen LogP contribution in [0.2, 0.25) is 0 Å². The minimum absolute atomic E-state index is 0.0698. The maximum absolute atomic E-state index is 12.7. The van der Waals surface area contributed by atoms with E-state index in [0.29, 0.717) is 42.5 Å². The van der Waals surface area contributed by atoms with Crippen molar-refractivity contribution in [2.45, 2.75) is 78.1 Å². The minimum atomic E-state index is -0.342. The molecular formula is C26H34BrNO4S. The van der Waals surface area contributed by atoms with Crippen molar-refractivity contribution in [3.05, 3.63) is 44.2 Å². The van der Waals surface area contributed by atoms with Crippen LogP contribution in [0.3, 0.4) is 0 Å². The molecule has 1 unspecified atom stereocenters. The Labute approximate surface area is 209 Å². The van der Waals surface area contributed by atoms with Crippen LogP contribution in [0.1, 0.15) is 92.6 Å². The maximum Gasteiger partial charge on any atom is 0.341 e. The van der Waals surface area contributed by atoms with Gasteiger partial charge >= 0.3 is 5.97 Å². The predicted octanol–water partition coefficient (Wildman–Crippen LogP) is 7.22. The quantitative estimate of drug-likeness (QED) is 0.286. The van der Waals surface area contributed by atoms with Gasteiger partial charge in [0.2, 0.25) is 5.91 Å². The summed E-state index contributed by atoms with van der Waals surface area (Å²) in [6.45, 7) is 11.2. The van der Waals surface area contributed by atoms with E-state index in [2.05, 4.69) is 61.1 Å². The Balaban J connectivity index is 1.59. The largest absolute Gasteiger partial charge is 0.492 e. The van der Waals surface area contributed by atoms with Crippen LogP contribution in [0.15, 0.2) is 22.7 Å². The lowest BCUT2D eigenvalue weighted by atomic mass is 9.86. The van der Waals surface area contributed by atoms with Crippen molar-refractivity contribution in [2.75, 3.05) is 18.5 Å². The molecule has 5 nitrogen and oxygen atoms in total. The zero-order valence-electron chi connectivity index (χ0n) is 20.2. The molecule has 0 saturated carbocycles. The third kappa shape index (κ3) is 6.38.